The predicted octanol–water partition coefficient (Wildman–Crippen LogP) is 4.39. The first-order valence-corrected chi connectivity index (χ1v) is 6.90. The Balaban J connectivity index is 1.95. The van der Waals surface area contributed by atoms with Gasteiger partial charge in [0.2, 0.25) is 0 Å². The maximum absolute atomic E-state index is 10.9. The number of aromatic nitrogens is 1. The summed E-state index contributed by atoms with van der Waals surface area (Å²) in [5, 5.41) is 8.95. The molecule has 3 aromatic rings. The Hall–Kier alpha value is -2.34. The third-order valence-electron chi connectivity index (χ3n) is 2.95. The lowest BCUT2D eigenvalue weighted by molar-refractivity contribution is 0.0697. The summed E-state index contributed by atoms with van der Waals surface area (Å²) in [6, 6.07) is 10.1. The van der Waals surface area contributed by atoms with Gasteiger partial charge in [-0.3, -0.25) is 0 Å². The summed E-state index contributed by atoms with van der Waals surface area (Å²) in [7, 11) is 0. The van der Waals surface area contributed by atoms with Gasteiger partial charge in [-0.15, -0.1) is 0 Å². The molecule has 1 heterocycles. The molecule has 6 heteroatoms. The van der Waals surface area contributed by atoms with E-state index < -0.39 is 5.97 Å². The number of hydrogen-bond donors (Lipinski definition) is 1. The van der Waals surface area contributed by atoms with E-state index in [4.69, 9.17) is 14.3 Å². The highest BCUT2D eigenvalue weighted by molar-refractivity contribution is 9.10. The van der Waals surface area contributed by atoms with E-state index in [1.54, 1.807) is 12.1 Å². The molecule has 0 radical (unpaired) electrons. The highest BCUT2D eigenvalue weighted by Gasteiger charge is 2.12. The molecular formula is C15H10BrNO4. The van der Waals surface area contributed by atoms with Crippen molar-refractivity contribution < 1.29 is 19.1 Å². The van der Waals surface area contributed by atoms with Crippen LogP contribution in [0.5, 0.6) is 11.8 Å². The summed E-state index contributed by atoms with van der Waals surface area (Å²) in [5.74, 6) is -0.386. The molecule has 0 saturated carbocycles. The van der Waals surface area contributed by atoms with Gasteiger partial charge < -0.3 is 14.3 Å². The maximum Gasteiger partial charge on any atom is 0.400 e. The lowest BCUT2D eigenvalue weighted by atomic mass is 10.2. The van der Waals surface area contributed by atoms with Crippen LogP contribution in [0, 0.1) is 6.92 Å². The normalized spacial score (nSPS) is 10.8. The first kappa shape index (κ1) is 13.6. The van der Waals surface area contributed by atoms with Crippen molar-refractivity contribution >= 4 is 33.0 Å². The number of hydrogen-bond acceptors (Lipinski definition) is 4. The topological polar surface area (TPSA) is 72.6 Å². The van der Waals surface area contributed by atoms with Gasteiger partial charge in [0.05, 0.1) is 5.56 Å². The Labute approximate surface area is 128 Å². The number of carboxylic acid groups (broad SMARTS) is 1. The Kier molecular flexibility index (Phi) is 3.39. The lowest BCUT2D eigenvalue weighted by Gasteiger charge is -2.04. The minimum Gasteiger partial charge on any atom is -0.478 e. The highest BCUT2D eigenvalue weighted by atomic mass is 79.9. The van der Waals surface area contributed by atoms with E-state index in [1.165, 1.54) is 12.1 Å². The first-order valence-electron chi connectivity index (χ1n) is 6.11. The lowest BCUT2D eigenvalue weighted by Crippen LogP contribution is -1.94. The van der Waals surface area contributed by atoms with E-state index in [1.807, 2.05) is 19.1 Å². The van der Waals surface area contributed by atoms with Crippen molar-refractivity contribution in [2.45, 2.75) is 6.92 Å². The molecule has 21 heavy (non-hydrogen) atoms. The third kappa shape index (κ3) is 2.75. The number of carboxylic acids is 1. The quantitative estimate of drug-likeness (QED) is 0.760. The Morgan fingerprint density at radius 2 is 2.10 bits per heavy atom. The SMILES string of the molecule is Cc1cc(Br)ccc1Oc1nc2ccc(C(=O)O)cc2o1. The molecule has 0 saturated heterocycles. The van der Waals surface area contributed by atoms with Gasteiger partial charge in [0.1, 0.15) is 11.3 Å². The van der Waals surface area contributed by atoms with Gasteiger partial charge in [0, 0.05) is 4.47 Å². The number of rotatable bonds is 3. The van der Waals surface area contributed by atoms with Crippen LogP contribution in [-0.4, -0.2) is 16.1 Å². The number of benzene rings is 2. The third-order valence-corrected chi connectivity index (χ3v) is 3.44. The van der Waals surface area contributed by atoms with Gasteiger partial charge >= 0.3 is 12.0 Å². The number of aryl methyl sites for hydroxylation is 1. The van der Waals surface area contributed by atoms with E-state index in [2.05, 4.69) is 20.9 Å². The van der Waals surface area contributed by atoms with Crippen LogP contribution < -0.4 is 4.74 Å². The van der Waals surface area contributed by atoms with E-state index in [0.717, 1.165) is 10.0 Å². The van der Waals surface area contributed by atoms with E-state index in [9.17, 15) is 4.79 Å². The smallest absolute Gasteiger partial charge is 0.400 e. The Morgan fingerprint density at radius 3 is 2.81 bits per heavy atom. The zero-order valence-corrected chi connectivity index (χ0v) is 12.5. The van der Waals surface area contributed by atoms with Crippen molar-refractivity contribution in [2.24, 2.45) is 0 Å². The molecule has 106 valence electrons. The average molecular weight is 348 g/mol. The first-order chi connectivity index (χ1) is 10.0. The van der Waals surface area contributed by atoms with Crippen LogP contribution in [-0.2, 0) is 0 Å². The van der Waals surface area contributed by atoms with Crippen molar-refractivity contribution in [3.63, 3.8) is 0 Å². The zero-order chi connectivity index (χ0) is 15.0. The van der Waals surface area contributed by atoms with Gasteiger partial charge in [-0.2, -0.15) is 4.98 Å². The number of nitrogens with zero attached hydrogens (tertiary/aromatic N) is 1. The zero-order valence-electron chi connectivity index (χ0n) is 11.0. The Bertz CT molecular complexity index is 841. The molecule has 3 rings (SSSR count). The number of oxazole rings is 1. The largest absolute Gasteiger partial charge is 0.478 e. The van der Waals surface area contributed by atoms with Crippen LogP contribution in [0.2, 0.25) is 0 Å². The fourth-order valence-electron chi connectivity index (χ4n) is 1.90. The fraction of sp³-hybridized carbons (Fsp3) is 0.0667. The molecule has 0 spiro atoms. The highest BCUT2D eigenvalue weighted by Crippen LogP contribution is 2.29. The monoisotopic (exact) mass is 347 g/mol. The maximum atomic E-state index is 10.9. The van der Waals surface area contributed by atoms with Crippen molar-refractivity contribution in [1.82, 2.24) is 4.98 Å². The molecule has 1 aromatic heterocycles. The van der Waals surface area contributed by atoms with Crippen molar-refractivity contribution in [3.05, 3.63) is 52.0 Å². The number of aromatic carboxylic acids is 1. The minimum atomic E-state index is -1.01. The standard InChI is InChI=1S/C15H10BrNO4/c1-8-6-10(16)3-5-12(8)20-15-17-11-4-2-9(14(18)19)7-13(11)21-15/h2-7H,1H3,(H,18,19). The van der Waals surface area contributed by atoms with Crippen LogP contribution in [0.3, 0.4) is 0 Å². The predicted molar refractivity (Wildman–Crippen MR) is 79.9 cm³/mol. The molecule has 0 bridgehead atoms. The van der Waals surface area contributed by atoms with E-state index in [-0.39, 0.29) is 11.6 Å². The van der Waals surface area contributed by atoms with Gasteiger partial charge in [-0.05, 0) is 48.9 Å². The molecular weight excluding hydrogens is 338 g/mol. The number of ether oxygens (including phenoxy) is 1. The molecule has 0 unspecified atom stereocenters. The van der Waals surface area contributed by atoms with E-state index >= 15 is 0 Å². The van der Waals surface area contributed by atoms with Crippen LogP contribution in [0.25, 0.3) is 11.1 Å². The van der Waals surface area contributed by atoms with Crippen molar-refractivity contribution in [1.29, 1.82) is 0 Å². The fourth-order valence-corrected chi connectivity index (χ4v) is 2.38. The van der Waals surface area contributed by atoms with E-state index in [0.29, 0.717) is 16.8 Å². The summed E-state index contributed by atoms with van der Waals surface area (Å²) < 4.78 is 12.0. The van der Waals surface area contributed by atoms with Crippen molar-refractivity contribution in [2.75, 3.05) is 0 Å². The second-order valence-corrected chi connectivity index (χ2v) is 5.39. The number of carbonyl (C=O) groups is 1. The number of fused-ring (bicyclic) bond motifs is 1. The Morgan fingerprint density at radius 1 is 1.29 bits per heavy atom. The van der Waals surface area contributed by atoms with Crippen LogP contribution in [0.1, 0.15) is 15.9 Å². The summed E-state index contributed by atoms with van der Waals surface area (Å²) >= 11 is 3.38. The second kappa shape index (κ2) is 5.21. The number of halogens is 1. The van der Waals surface area contributed by atoms with Gasteiger partial charge in [-0.1, -0.05) is 15.9 Å². The molecule has 0 amide bonds. The second-order valence-electron chi connectivity index (χ2n) is 4.48. The molecule has 0 fully saturated rings. The molecule has 0 atom stereocenters. The molecule has 2 aromatic carbocycles. The van der Waals surface area contributed by atoms with Gasteiger partial charge in [0.25, 0.3) is 0 Å². The van der Waals surface area contributed by atoms with Crippen LogP contribution >= 0.6 is 15.9 Å². The molecule has 1 N–H and O–H groups in total. The van der Waals surface area contributed by atoms with Gasteiger partial charge in [0.15, 0.2) is 5.58 Å². The van der Waals surface area contributed by atoms with Crippen LogP contribution in [0.15, 0.2) is 45.3 Å². The molecule has 0 aliphatic rings. The van der Waals surface area contributed by atoms with Crippen LogP contribution in [0.4, 0.5) is 0 Å². The summed E-state index contributed by atoms with van der Waals surface area (Å²) in [5.41, 5.74) is 1.99. The minimum absolute atomic E-state index is 0.0814. The summed E-state index contributed by atoms with van der Waals surface area (Å²) in [6.45, 7) is 1.91. The average Bonchev–Trinajstić information content (AvgIpc) is 2.83. The summed E-state index contributed by atoms with van der Waals surface area (Å²) in [6.07, 6.45) is 0.0814. The molecule has 0 aliphatic carbocycles. The molecule has 5 nitrogen and oxygen atoms in total. The summed E-state index contributed by atoms with van der Waals surface area (Å²) in [4.78, 5) is 15.1. The van der Waals surface area contributed by atoms with Gasteiger partial charge in [-0.25, -0.2) is 4.79 Å². The van der Waals surface area contributed by atoms with Crippen molar-refractivity contribution in [3.8, 4) is 11.8 Å². The molecule has 0 aliphatic heterocycles.